The lowest BCUT2D eigenvalue weighted by Crippen LogP contribution is -2.35. The topological polar surface area (TPSA) is 90.2 Å². The Labute approximate surface area is 101 Å². The summed E-state index contributed by atoms with van der Waals surface area (Å²) in [6.45, 7) is 2.97. The molecule has 2 N–H and O–H groups in total. The maximum absolute atomic E-state index is 11.8. The Kier molecular flexibility index (Phi) is 4.23. The number of hydrogen-bond donors (Lipinski definition) is 2. The van der Waals surface area contributed by atoms with E-state index in [-0.39, 0.29) is 11.5 Å². The molecule has 0 aliphatic carbocycles. The molecule has 1 aromatic carbocycles. The van der Waals surface area contributed by atoms with Crippen LogP contribution in [0, 0.1) is 18.3 Å². The SMILES string of the molecule is Cc1cc(S(=O)(=O)N[C@@H](C)CO)ccc1C#N. The molecule has 0 spiro atoms. The van der Waals surface area contributed by atoms with Crippen LogP contribution in [0.1, 0.15) is 18.1 Å². The second-order valence-corrected chi connectivity index (χ2v) is 5.51. The van der Waals surface area contributed by atoms with Crippen LogP contribution in [-0.2, 0) is 10.0 Å². The van der Waals surface area contributed by atoms with E-state index in [1.807, 2.05) is 6.07 Å². The van der Waals surface area contributed by atoms with E-state index in [1.165, 1.54) is 18.2 Å². The summed E-state index contributed by atoms with van der Waals surface area (Å²) in [5.41, 5.74) is 1.05. The zero-order valence-electron chi connectivity index (χ0n) is 9.64. The quantitative estimate of drug-likeness (QED) is 0.820. The van der Waals surface area contributed by atoms with Crippen molar-refractivity contribution in [3.05, 3.63) is 29.3 Å². The molecule has 92 valence electrons. The van der Waals surface area contributed by atoms with Gasteiger partial charge in [0, 0.05) is 6.04 Å². The van der Waals surface area contributed by atoms with Gasteiger partial charge < -0.3 is 5.11 Å². The molecular weight excluding hydrogens is 240 g/mol. The molecule has 0 fully saturated rings. The standard InChI is InChI=1S/C11H14N2O3S/c1-8-5-11(4-3-10(8)6-12)17(15,16)13-9(2)7-14/h3-5,9,13-14H,7H2,1-2H3/t9-/m0/s1. The summed E-state index contributed by atoms with van der Waals surface area (Å²) >= 11 is 0. The van der Waals surface area contributed by atoms with Crippen LogP contribution < -0.4 is 4.72 Å². The first-order valence-corrected chi connectivity index (χ1v) is 6.53. The summed E-state index contributed by atoms with van der Waals surface area (Å²) in [6.07, 6.45) is 0. The molecule has 17 heavy (non-hydrogen) atoms. The number of nitrogens with one attached hydrogen (secondary N) is 1. The van der Waals surface area contributed by atoms with Gasteiger partial charge in [-0.3, -0.25) is 0 Å². The lowest BCUT2D eigenvalue weighted by molar-refractivity contribution is 0.265. The van der Waals surface area contributed by atoms with Crippen molar-refractivity contribution < 1.29 is 13.5 Å². The van der Waals surface area contributed by atoms with Gasteiger partial charge in [0.1, 0.15) is 0 Å². The Morgan fingerprint density at radius 1 is 1.53 bits per heavy atom. The maximum Gasteiger partial charge on any atom is 0.240 e. The largest absolute Gasteiger partial charge is 0.395 e. The highest BCUT2D eigenvalue weighted by Gasteiger charge is 2.17. The van der Waals surface area contributed by atoms with Gasteiger partial charge in [-0.15, -0.1) is 0 Å². The molecule has 0 heterocycles. The third-order valence-corrected chi connectivity index (χ3v) is 3.85. The summed E-state index contributed by atoms with van der Waals surface area (Å²) < 4.78 is 26.0. The van der Waals surface area contributed by atoms with Crippen molar-refractivity contribution in [2.75, 3.05) is 6.61 Å². The smallest absolute Gasteiger partial charge is 0.240 e. The lowest BCUT2D eigenvalue weighted by Gasteiger charge is -2.12. The monoisotopic (exact) mass is 254 g/mol. The molecule has 0 saturated heterocycles. The van der Waals surface area contributed by atoms with Crippen molar-refractivity contribution in [1.82, 2.24) is 4.72 Å². The third kappa shape index (κ3) is 3.27. The molecule has 0 aliphatic heterocycles. The van der Waals surface area contributed by atoms with Crippen molar-refractivity contribution in [3.8, 4) is 6.07 Å². The molecule has 1 atom stereocenters. The molecule has 6 heteroatoms. The predicted molar refractivity (Wildman–Crippen MR) is 62.8 cm³/mol. The van der Waals surface area contributed by atoms with Gasteiger partial charge in [-0.05, 0) is 37.6 Å². The van der Waals surface area contributed by atoms with Gasteiger partial charge in [0.2, 0.25) is 10.0 Å². The average molecular weight is 254 g/mol. The Morgan fingerprint density at radius 3 is 2.65 bits per heavy atom. The fourth-order valence-corrected chi connectivity index (χ4v) is 2.62. The normalized spacial score (nSPS) is 13.1. The van der Waals surface area contributed by atoms with E-state index < -0.39 is 16.1 Å². The minimum Gasteiger partial charge on any atom is -0.395 e. The van der Waals surface area contributed by atoms with Gasteiger partial charge in [0.05, 0.1) is 23.1 Å². The van der Waals surface area contributed by atoms with Gasteiger partial charge in [0.15, 0.2) is 0 Å². The van der Waals surface area contributed by atoms with Gasteiger partial charge in [0.25, 0.3) is 0 Å². The number of nitriles is 1. The number of aliphatic hydroxyl groups is 1. The van der Waals surface area contributed by atoms with E-state index in [4.69, 9.17) is 10.4 Å². The third-order valence-electron chi connectivity index (χ3n) is 2.26. The van der Waals surface area contributed by atoms with Crippen LogP contribution in [0.5, 0.6) is 0 Å². The molecule has 0 aliphatic rings. The second-order valence-electron chi connectivity index (χ2n) is 3.79. The van der Waals surface area contributed by atoms with Crippen LogP contribution >= 0.6 is 0 Å². The molecule has 1 aromatic rings. The van der Waals surface area contributed by atoms with E-state index >= 15 is 0 Å². The van der Waals surface area contributed by atoms with Crippen LogP contribution in [0.4, 0.5) is 0 Å². The second kappa shape index (κ2) is 5.27. The van der Waals surface area contributed by atoms with Crippen molar-refractivity contribution in [1.29, 1.82) is 5.26 Å². The Hall–Kier alpha value is -1.42. The van der Waals surface area contributed by atoms with E-state index in [0.717, 1.165) is 0 Å². The van der Waals surface area contributed by atoms with Crippen LogP contribution in [-0.4, -0.2) is 26.2 Å². The summed E-state index contributed by atoms with van der Waals surface area (Å²) in [5.74, 6) is 0. The predicted octanol–water partition coefficient (Wildman–Crippen LogP) is 0.526. The van der Waals surface area contributed by atoms with Crippen LogP contribution in [0.15, 0.2) is 23.1 Å². The maximum atomic E-state index is 11.8. The number of sulfonamides is 1. The zero-order chi connectivity index (χ0) is 13.1. The molecular formula is C11H14N2O3S. The first kappa shape index (κ1) is 13.6. The number of rotatable bonds is 4. The minimum atomic E-state index is -3.64. The first-order valence-electron chi connectivity index (χ1n) is 5.04. The van der Waals surface area contributed by atoms with Crippen LogP contribution in [0.3, 0.4) is 0 Å². The highest BCUT2D eigenvalue weighted by molar-refractivity contribution is 7.89. The van der Waals surface area contributed by atoms with E-state index in [0.29, 0.717) is 11.1 Å². The molecule has 1 rings (SSSR count). The van der Waals surface area contributed by atoms with Crippen molar-refractivity contribution in [2.45, 2.75) is 24.8 Å². The number of aryl methyl sites for hydroxylation is 1. The molecule has 0 saturated carbocycles. The van der Waals surface area contributed by atoms with Crippen molar-refractivity contribution in [2.24, 2.45) is 0 Å². The summed E-state index contributed by atoms with van der Waals surface area (Å²) in [4.78, 5) is 0.0919. The lowest BCUT2D eigenvalue weighted by atomic mass is 10.1. The Bertz CT molecular complexity index is 546. The molecule has 0 bridgehead atoms. The van der Waals surface area contributed by atoms with E-state index in [1.54, 1.807) is 13.8 Å². The van der Waals surface area contributed by atoms with Crippen LogP contribution in [0.25, 0.3) is 0 Å². The number of aliphatic hydroxyl groups excluding tert-OH is 1. The zero-order valence-corrected chi connectivity index (χ0v) is 10.5. The fraction of sp³-hybridized carbons (Fsp3) is 0.364. The number of nitrogens with zero attached hydrogens (tertiary/aromatic N) is 1. The van der Waals surface area contributed by atoms with Gasteiger partial charge in [-0.2, -0.15) is 5.26 Å². The number of hydrogen-bond acceptors (Lipinski definition) is 4. The van der Waals surface area contributed by atoms with Gasteiger partial charge >= 0.3 is 0 Å². The first-order chi connectivity index (χ1) is 7.90. The van der Waals surface area contributed by atoms with Gasteiger partial charge in [-0.1, -0.05) is 0 Å². The highest BCUT2D eigenvalue weighted by atomic mass is 32.2. The molecule has 5 nitrogen and oxygen atoms in total. The molecule has 0 aromatic heterocycles. The Balaban J connectivity index is 3.09. The van der Waals surface area contributed by atoms with E-state index in [9.17, 15) is 8.42 Å². The minimum absolute atomic E-state index is 0.0919. The molecule has 0 unspecified atom stereocenters. The molecule has 0 radical (unpaired) electrons. The van der Waals surface area contributed by atoms with Crippen molar-refractivity contribution >= 4 is 10.0 Å². The van der Waals surface area contributed by atoms with Gasteiger partial charge in [-0.25, -0.2) is 13.1 Å². The Morgan fingerprint density at radius 2 is 2.18 bits per heavy atom. The fourth-order valence-electron chi connectivity index (χ4n) is 1.30. The molecule has 0 amide bonds. The average Bonchev–Trinajstić information content (AvgIpc) is 2.28. The summed E-state index contributed by atoms with van der Waals surface area (Å²) in [5, 5.41) is 17.6. The summed E-state index contributed by atoms with van der Waals surface area (Å²) in [7, 11) is -3.64. The van der Waals surface area contributed by atoms with Crippen molar-refractivity contribution in [3.63, 3.8) is 0 Å². The van der Waals surface area contributed by atoms with E-state index in [2.05, 4.69) is 4.72 Å². The summed E-state index contributed by atoms with van der Waals surface area (Å²) in [6, 6.07) is 5.70. The van der Waals surface area contributed by atoms with Crippen LogP contribution in [0.2, 0.25) is 0 Å². The number of benzene rings is 1. The highest BCUT2D eigenvalue weighted by Crippen LogP contribution is 2.14.